The van der Waals surface area contributed by atoms with Crippen LogP contribution in [-0.2, 0) is 11.3 Å². The Kier molecular flexibility index (Phi) is 6.03. The molecule has 0 radical (unpaired) electrons. The van der Waals surface area contributed by atoms with Gasteiger partial charge in [0.2, 0.25) is 0 Å². The monoisotopic (exact) mass is 514 g/mol. The Labute approximate surface area is 220 Å². The lowest BCUT2D eigenvalue weighted by Gasteiger charge is -2.41. The molecular formula is C29H31FN6O2. The minimum atomic E-state index is -0.340. The number of imidazole rings is 1. The second-order valence-electron chi connectivity index (χ2n) is 10.6. The average Bonchev–Trinajstić information content (AvgIpc) is 3.53. The second-order valence-corrected chi connectivity index (χ2v) is 10.6. The number of morpholine rings is 1. The molecule has 0 unspecified atom stereocenters. The number of aromatic nitrogens is 3. The summed E-state index contributed by atoms with van der Waals surface area (Å²) >= 11 is 0. The van der Waals surface area contributed by atoms with Crippen molar-refractivity contribution in [2.45, 2.75) is 39.8 Å². The molecule has 0 bridgehead atoms. The Balaban J connectivity index is 1.26. The Morgan fingerprint density at radius 2 is 2.05 bits per heavy atom. The molecule has 0 saturated carbocycles. The summed E-state index contributed by atoms with van der Waals surface area (Å²) in [6, 6.07) is 10.6. The van der Waals surface area contributed by atoms with Gasteiger partial charge in [0.15, 0.2) is 0 Å². The van der Waals surface area contributed by atoms with E-state index in [1.165, 1.54) is 12.1 Å². The normalized spacial score (nSPS) is 17.5. The summed E-state index contributed by atoms with van der Waals surface area (Å²) in [5.41, 5.74) is 5.51. The molecule has 6 rings (SSSR count). The van der Waals surface area contributed by atoms with Gasteiger partial charge >= 0.3 is 0 Å². The van der Waals surface area contributed by atoms with Crippen LogP contribution in [0.15, 0.2) is 55.0 Å². The number of carbonyl (C=O) groups excluding carboxylic acids is 1. The number of nitrogens with one attached hydrogen (secondary N) is 2. The van der Waals surface area contributed by atoms with Crippen LogP contribution in [0.5, 0.6) is 0 Å². The van der Waals surface area contributed by atoms with Gasteiger partial charge in [-0.2, -0.15) is 0 Å². The maximum absolute atomic E-state index is 13.7. The third kappa shape index (κ3) is 4.26. The smallest absolute Gasteiger partial charge is 0.254 e. The zero-order valence-corrected chi connectivity index (χ0v) is 21.8. The highest BCUT2D eigenvalue weighted by Gasteiger charge is 2.33. The number of halogens is 1. The largest absolute Gasteiger partial charge is 0.374 e. The number of ether oxygens (including phenoxy) is 1. The molecular weight excluding hydrogens is 483 g/mol. The summed E-state index contributed by atoms with van der Waals surface area (Å²) < 4.78 is 21.6. The van der Waals surface area contributed by atoms with Crippen molar-refractivity contribution in [3.8, 4) is 11.3 Å². The molecule has 2 aliphatic heterocycles. The Bertz CT molecular complexity index is 1510. The standard InChI is InChI=1S/C29H31FN6O2/c1-4-29(2,3)24-17-35(11-12-38-24)19-5-8-25(31-14-19)34-22-7-6-20(21-15-33-28(37)27(21)22)23-16-32-26-13-18(30)9-10-36(23)26/h5-10,13-14,16,24H,4,11-12,15,17H2,1-3H3,(H,31,34)(H,33,37)/t24-/m1/s1. The Morgan fingerprint density at radius 3 is 2.84 bits per heavy atom. The van der Waals surface area contributed by atoms with Gasteiger partial charge in [-0.25, -0.2) is 14.4 Å². The fourth-order valence-electron chi connectivity index (χ4n) is 5.22. The molecule has 9 heteroatoms. The molecule has 0 spiro atoms. The molecule has 1 amide bonds. The van der Waals surface area contributed by atoms with Crippen LogP contribution in [0.25, 0.3) is 16.9 Å². The first kappa shape index (κ1) is 24.4. The van der Waals surface area contributed by atoms with Gasteiger partial charge in [0.1, 0.15) is 17.3 Å². The average molecular weight is 515 g/mol. The maximum Gasteiger partial charge on any atom is 0.254 e. The van der Waals surface area contributed by atoms with Crippen molar-refractivity contribution < 1.29 is 13.9 Å². The summed E-state index contributed by atoms with van der Waals surface area (Å²) in [7, 11) is 0. The highest BCUT2D eigenvalue weighted by Crippen LogP contribution is 2.36. The number of hydrogen-bond acceptors (Lipinski definition) is 6. The van der Waals surface area contributed by atoms with Crippen molar-refractivity contribution in [3.63, 3.8) is 0 Å². The number of rotatable bonds is 6. The van der Waals surface area contributed by atoms with E-state index in [0.717, 1.165) is 42.0 Å². The number of anilines is 3. The van der Waals surface area contributed by atoms with E-state index in [9.17, 15) is 9.18 Å². The van der Waals surface area contributed by atoms with Crippen molar-refractivity contribution in [1.29, 1.82) is 0 Å². The van der Waals surface area contributed by atoms with Crippen LogP contribution in [0.3, 0.4) is 0 Å². The minimum Gasteiger partial charge on any atom is -0.374 e. The van der Waals surface area contributed by atoms with Gasteiger partial charge in [-0.3, -0.25) is 9.20 Å². The van der Waals surface area contributed by atoms with Crippen LogP contribution in [0.2, 0.25) is 0 Å². The highest BCUT2D eigenvalue weighted by molar-refractivity contribution is 6.06. The van der Waals surface area contributed by atoms with Crippen LogP contribution < -0.4 is 15.5 Å². The van der Waals surface area contributed by atoms with E-state index in [1.807, 2.05) is 28.8 Å². The van der Waals surface area contributed by atoms with Gasteiger partial charge in [0, 0.05) is 37.5 Å². The van der Waals surface area contributed by atoms with Crippen molar-refractivity contribution in [3.05, 3.63) is 71.9 Å². The first-order valence-corrected chi connectivity index (χ1v) is 13.0. The van der Waals surface area contributed by atoms with Gasteiger partial charge in [0.05, 0.1) is 47.7 Å². The van der Waals surface area contributed by atoms with E-state index >= 15 is 0 Å². The summed E-state index contributed by atoms with van der Waals surface area (Å²) in [6.07, 6.45) is 6.46. The lowest BCUT2D eigenvalue weighted by atomic mass is 9.83. The third-order valence-corrected chi connectivity index (χ3v) is 7.94. The number of benzene rings is 1. The molecule has 4 aromatic rings. The highest BCUT2D eigenvalue weighted by atomic mass is 19.1. The topological polar surface area (TPSA) is 83.8 Å². The number of carbonyl (C=O) groups is 1. The van der Waals surface area contributed by atoms with Crippen LogP contribution in [0.1, 0.15) is 43.1 Å². The van der Waals surface area contributed by atoms with Gasteiger partial charge in [-0.1, -0.05) is 26.8 Å². The van der Waals surface area contributed by atoms with Crippen molar-refractivity contribution >= 4 is 28.7 Å². The summed E-state index contributed by atoms with van der Waals surface area (Å²) in [5, 5.41) is 6.27. The Morgan fingerprint density at radius 1 is 1.18 bits per heavy atom. The van der Waals surface area contributed by atoms with Gasteiger partial charge < -0.3 is 20.3 Å². The predicted molar refractivity (Wildman–Crippen MR) is 145 cm³/mol. The SMILES string of the molecule is CCC(C)(C)[C@H]1CN(c2ccc(Nc3ccc(-c4cnc5cc(F)ccn45)c4c3C(=O)NC4)nc2)CCO1. The fourth-order valence-corrected chi connectivity index (χ4v) is 5.22. The van der Waals surface area contributed by atoms with Gasteiger partial charge in [-0.05, 0) is 41.7 Å². The van der Waals surface area contributed by atoms with Gasteiger partial charge in [-0.15, -0.1) is 0 Å². The van der Waals surface area contributed by atoms with Gasteiger partial charge in [0.25, 0.3) is 5.91 Å². The minimum absolute atomic E-state index is 0.111. The number of pyridine rings is 2. The molecule has 1 aromatic carbocycles. The lowest BCUT2D eigenvalue weighted by Crippen LogP contribution is -2.48. The predicted octanol–water partition coefficient (Wildman–Crippen LogP) is 5.16. The van der Waals surface area contributed by atoms with E-state index in [2.05, 4.69) is 52.3 Å². The van der Waals surface area contributed by atoms with E-state index in [0.29, 0.717) is 35.9 Å². The number of amides is 1. The number of fused-ring (bicyclic) bond motifs is 2. The van der Waals surface area contributed by atoms with Crippen LogP contribution in [0.4, 0.5) is 21.6 Å². The number of nitrogens with zero attached hydrogens (tertiary/aromatic N) is 4. The Hall–Kier alpha value is -3.98. The molecule has 8 nitrogen and oxygen atoms in total. The number of hydrogen-bond donors (Lipinski definition) is 2. The zero-order chi connectivity index (χ0) is 26.4. The van der Waals surface area contributed by atoms with Crippen LogP contribution in [-0.4, -0.2) is 46.1 Å². The molecule has 38 heavy (non-hydrogen) atoms. The van der Waals surface area contributed by atoms with E-state index in [1.54, 1.807) is 12.4 Å². The molecule has 5 heterocycles. The van der Waals surface area contributed by atoms with Crippen molar-refractivity contribution in [2.24, 2.45) is 5.41 Å². The van der Waals surface area contributed by atoms with E-state index < -0.39 is 0 Å². The van der Waals surface area contributed by atoms with Crippen LogP contribution >= 0.6 is 0 Å². The molecule has 1 fully saturated rings. The zero-order valence-electron chi connectivity index (χ0n) is 21.8. The second kappa shape index (κ2) is 9.40. The van der Waals surface area contributed by atoms with Crippen molar-refractivity contribution in [1.82, 2.24) is 19.7 Å². The first-order valence-electron chi connectivity index (χ1n) is 13.0. The first-order chi connectivity index (χ1) is 18.3. The van der Waals surface area contributed by atoms with Crippen molar-refractivity contribution in [2.75, 3.05) is 29.9 Å². The molecule has 196 valence electrons. The van der Waals surface area contributed by atoms with E-state index in [-0.39, 0.29) is 23.2 Å². The lowest BCUT2D eigenvalue weighted by molar-refractivity contribution is -0.0357. The molecule has 0 aliphatic carbocycles. The summed E-state index contributed by atoms with van der Waals surface area (Å²) in [6.45, 7) is 9.47. The van der Waals surface area contributed by atoms with Crippen LogP contribution in [0, 0.1) is 11.2 Å². The molecule has 1 atom stereocenters. The fraction of sp³-hybridized carbons (Fsp3) is 0.345. The maximum atomic E-state index is 13.7. The molecule has 2 N–H and O–H groups in total. The molecule has 1 saturated heterocycles. The quantitative estimate of drug-likeness (QED) is 0.370. The summed E-state index contributed by atoms with van der Waals surface area (Å²) in [4.78, 5) is 24.2. The van der Waals surface area contributed by atoms with E-state index in [4.69, 9.17) is 4.74 Å². The third-order valence-electron chi connectivity index (χ3n) is 7.94. The molecule has 2 aliphatic rings. The summed E-state index contributed by atoms with van der Waals surface area (Å²) in [5.74, 6) is 0.180. The molecule has 3 aromatic heterocycles.